The number of hydrogen-bond donors (Lipinski definition) is 2. The van der Waals surface area contributed by atoms with E-state index < -0.39 is 5.60 Å². The minimum atomic E-state index is -0.512. The minimum absolute atomic E-state index is 0.248. The molecule has 0 saturated carbocycles. The van der Waals surface area contributed by atoms with E-state index in [4.69, 9.17) is 4.74 Å². The van der Waals surface area contributed by atoms with Crippen LogP contribution in [0, 0.1) is 0 Å². The van der Waals surface area contributed by atoms with Gasteiger partial charge in [0.15, 0.2) is 0 Å². The number of carbonyl (C=O) groups excluding carboxylic acids is 1. The standard InChI is InChI=1S/C21H22O4/c22-18-7-3-16(4-8-18)11-14-21(13-1-2-20(24)25-21)15-12-17-5-9-19(23)10-6-17/h1-10,22-23H,11-15H2. The van der Waals surface area contributed by atoms with Gasteiger partial charge in [0.25, 0.3) is 0 Å². The molecule has 4 heteroatoms. The molecule has 0 atom stereocenters. The molecule has 130 valence electrons. The smallest absolute Gasteiger partial charge is 0.330 e. The van der Waals surface area contributed by atoms with Gasteiger partial charge in [0, 0.05) is 12.5 Å². The number of ether oxygens (including phenoxy) is 1. The Hall–Kier alpha value is -2.75. The lowest BCUT2D eigenvalue weighted by Crippen LogP contribution is -2.37. The molecular weight excluding hydrogens is 316 g/mol. The number of benzene rings is 2. The summed E-state index contributed by atoms with van der Waals surface area (Å²) in [6, 6.07) is 14.3. The van der Waals surface area contributed by atoms with Crippen LogP contribution in [0.2, 0.25) is 0 Å². The van der Waals surface area contributed by atoms with Gasteiger partial charge in [0.05, 0.1) is 0 Å². The number of hydrogen-bond acceptors (Lipinski definition) is 4. The van der Waals surface area contributed by atoms with E-state index in [9.17, 15) is 15.0 Å². The van der Waals surface area contributed by atoms with Gasteiger partial charge in [-0.25, -0.2) is 4.79 Å². The van der Waals surface area contributed by atoms with E-state index in [1.165, 1.54) is 6.08 Å². The summed E-state index contributed by atoms with van der Waals surface area (Å²) in [7, 11) is 0. The Kier molecular flexibility index (Phi) is 5.08. The van der Waals surface area contributed by atoms with Crippen molar-refractivity contribution in [2.75, 3.05) is 0 Å². The molecule has 0 saturated heterocycles. The summed E-state index contributed by atoms with van der Waals surface area (Å²) >= 11 is 0. The summed E-state index contributed by atoms with van der Waals surface area (Å²) in [6.45, 7) is 0. The first kappa shape index (κ1) is 17.1. The molecule has 2 N–H and O–H groups in total. The van der Waals surface area contributed by atoms with Crippen LogP contribution in [0.4, 0.5) is 0 Å². The average Bonchev–Trinajstić information content (AvgIpc) is 2.61. The Morgan fingerprint density at radius 1 is 0.840 bits per heavy atom. The van der Waals surface area contributed by atoms with Crippen molar-refractivity contribution in [1.82, 2.24) is 0 Å². The van der Waals surface area contributed by atoms with Crippen molar-refractivity contribution >= 4 is 5.97 Å². The number of esters is 1. The maximum atomic E-state index is 11.8. The number of rotatable bonds is 6. The molecule has 0 bridgehead atoms. The number of aromatic hydroxyl groups is 2. The summed E-state index contributed by atoms with van der Waals surface area (Å²) in [6.07, 6.45) is 7.08. The van der Waals surface area contributed by atoms with Gasteiger partial charge in [0.1, 0.15) is 17.1 Å². The third kappa shape index (κ3) is 4.63. The zero-order valence-corrected chi connectivity index (χ0v) is 14.0. The number of aryl methyl sites for hydroxylation is 2. The topological polar surface area (TPSA) is 66.8 Å². The van der Waals surface area contributed by atoms with Crippen LogP contribution in [0.5, 0.6) is 11.5 Å². The van der Waals surface area contributed by atoms with E-state index in [0.717, 1.165) is 36.8 Å². The molecule has 25 heavy (non-hydrogen) atoms. The van der Waals surface area contributed by atoms with Crippen LogP contribution in [0.25, 0.3) is 0 Å². The number of carbonyl (C=O) groups is 1. The normalized spacial score (nSPS) is 15.8. The maximum absolute atomic E-state index is 11.8. The highest BCUT2D eigenvalue weighted by atomic mass is 16.6. The Balaban J connectivity index is 1.69. The van der Waals surface area contributed by atoms with Crippen LogP contribution < -0.4 is 0 Å². The Morgan fingerprint density at radius 3 is 1.76 bits per heavy atom. The predicted octanol–water partition coefficient (Wildman–Crippen LogP) is 3.91. The zero-order valence-electron chi connectivity index (χ0n) is 14.0. The number of phenols is 2. The lowest BCUT2D eigenvalue weighted by molar-refractivity contribution is -0.156. The largest absolute Gasteiger partial charge is 0.508 e. The van der Waals surface area contributed by atoms with Crippen molar-refractivity contribution < 1.29 is 19.7 Å². The molecule has 1 heterocycles. The number of cyclic esters (lactones) is 1. The van der Waals surface area contributed by atoms with Gasteiger partial charge in [-0.3, -0.25) is 0 Å². The third-order valence-electron chi connectivity index (χ3n) is 4.67. The van der Waals surface area contributed by atoms with E-state index in [1.807, 2.05) is 30.3 Å². The molecule has 0 aliphatic carbocycles. The van der Waals surface area contributed by atoms with E-state index in [1.54, 1.807) is 24.3 Å². The fourth-order valence-corrected chi connectivity index (χ4v) is 3.16. The molecule has 0 radical (unpaired) electrons. The molecule has 0 unspecified atom stereocenters. The van der Waals surface area contributed by atoms with Gasteiger partial charge in [-0.2, -0.15) is 0 Å². The Labute approximate surface area is 147 Å². The first-order chi connectivity index (χ1) is 12.0. The van der Waals surface area contributed by atoms with Crippen molar-refractivity contribution in [1.29, 1.82) is 0 Å². The van der Waals surface area contributed by atoms with Crippen molar-refractivity contribution in [3.63, 3.8) is 0 Å². The maximum Gasteiger partial charge on any atom is 0.330 e. The van der Waals surface area contributed by atoms with E-state index in [2.05, 4.69) is 0 Å². The van der Waals surface area contributed by atoms with Crippen LogP contribution in [0.15, 0.2) is 60.7 Å². The van der Waals surface area contributed by atoms with Gasteiger partial charge >= 0.3 is 5.97 Å². The molecule has 0 amide bonds. The molecule has 1 aliphatic rings. The predicted molar refractivity (Wildman–Crippen MR) is 95.4 cm³/mol. The molecule has 2 aromatic carbocycles. The van der Waals surface area contributed by atoms with Gasteiger partial charge in [-0.05, 0) is 61.1 Å². The quantitative estimate of drug-likeness (QED) is 0.784. The Bertz CT molecular complexity index is 695. The molecule has 0 fully saturated rings. The lowest BCUT2D eigenvalue weighted by atomic mass is 9.84. The SMILES string of the molecule is O=C1C=CCC(CCc2ccc(O)cc2)(CCc2ccc(O)cc2)O1. The molecule has 1 aliphatic heterocycles. The Morgan fingerprint density at radius 2 is 1.32 bits per heavy atom. The monoisotopic (exact) mass is 338 g/mol. The zero-order chi connectivity index (χ0) is 17.7. The summed E-state index contributed by atoms with van der Waals surface area (Å²) in [5.74, 6) is 0.207. The van der Waals surface area contributed by atoms with Crippen LogP contribution >= 0.6 is 0 Å². The lowest BCUT2D eigenvalue weighted by Gasteiger charge is -2.35. The van der Waals surface area contributed by atoms with Gasteiger partial charge in [0.2, 0.25) is 0 Å². The third-order valence-corrected chi connectivity index (χ3v) is 4.67. The van der Waals surface area contributed by atoms with Gasteiger partial charge < -0.3 is 14.9 Å². The molecule has 0 aromatic heterocycles. The van der Waals surface area contributed by atoms with E-state index in [-0.39, 0.29) is 17.5 Å². The fraction of sp³-hybridized carbons (Fsp3) is 0.286. The second-order valence-corrected chi connectivity index (χ2v) is 6.54. The summed E-state index contributed by atoms with van der Waals surface area (Å²) in [5.41, 5.74) is 1.70. The molecule has 4 nitrogen and oxygen atoms in total. The summed E-state index contributed by atoms with van der Waals surface area (Å²) in [4.78, 5) is 11.8. The van der Waals surface area contributed by atoms with E-state index >= 15 is 0 Å². The molecule has 0 spiro atoms. The average molecular weight is 338 g/mol. The number of phenolic OH excluding ortho intramolecular Hbond substituents is 2. The van der Waals surface area contributed by atoms with Gasteiger partial charge in [-0.1, -0.05) is 30.3 Å². The van der Waals surface area contributed by atoms with Crippen molar-refractivity contribution in [2.24, 2.45) is 0 Å². The highest BCUT2D eigenvalue weighted by molar-refractivity contribution is 5.83. The highest BCUT2D eigenvalue weighted by Gasteiger charge is 2.34. The summed E-state index contributed by atoms with van der Waals surface area (Å²) in [5, 5.41) is 18.8. The minimum Gasteiger partial charge on any atom is -0.508 e. The molecular formula is C21H22O4. The van der Waals surface area contributed by atoms with Crippen LogP contribution in [0.3, 0.4) is 0 Å². The van der Waals surface area contributed by atoms with Crippen LogP contribution in [-0.4, -0.2) is 21.8 Å². The molecule has 3 rings (SSSR count). The van der Waals surface area contributed by atoms with Crippen molar-refractivity contribution in [3.05, 3.63) is 71.8 Å². The van der Waals surface area contributed by atoms with Crippen LogP contribution in [-0.2, 0) is 22.4 Å². The van der Waals surface area contributed by atoms with Crippen molar-refractivity contribution in [3.8, 4) is 11.5 Å². The molecule has 2 aromatic rings. The van der Waals surface area contributed by atoms with Gasteiger partial charge in [-0.15, -0.1) is 0 Å². The first-order valence-electron chi connectivity index (χ1n) is 8.50. The van der Waals surface area contributed by atoms with E-state index in [0.29, 0.717) is 6.42 Å². The fourth-order valence-electron chi connectivity index (χ4n) is 3.16. The first-order valence-corrected chi connectivity index (χ1v) is 8.50. The summed E-state index contributed by atoms with van der Waals surface area (Å²) < 4.78 is 5.74. The van der Waals surface area contributed by atoms with Crippen LogP contribution in [0.1, 0.15) is 30.4 Å². The second-order valence-electron chi connectivity index (χ2n) is 6.54. The second kappa shape index (κ2) is 7.43. The highest BCUT2D eigenvalue weighted by Crippen LogP contribution is 2.32. The van der Waals surface area contributed by atoms with Crippen molar-refractivity contribution in [2.45, 2.75) is 37.7 Å².